The third kappa shape index (κ3) is 3.07. The first kappa shape index (κ1) is 11.2. The lowest BCUT2D eigenvalue weighted by atomic mass is 10.3. The summed E-state index contributed by atoms with van der Waals surface area (Å²) in [6.07, 6.45) is 0. The van der Waals surface area contributed by atoms with Crippen LogP contribution in [0.15, 0.2) is 18.2 Å². The number of nitro benzene ring substituents is 1. The Labute approximate surface area is 84.3 Å². The summed E-state index contributed by atoms with van der Waals surface area (Å²) in [7, 11) is -4.21. The van der Waals surface area contributed by atoms with Crippen molar-refractivity contribution in [2.24, 2.45) is 5.14 Å². The third-order valence-corrected chi connectivity index (χ3v) is 1.78. The molecule has 15 heavy (non-hydrogen) atoms. The van der Waals surface area contributed by atoms with E-state index in [0.29, 0.717) is 0 Å². The van der Waals surface area contributed by atoms with E-state index in [1.54, 1.807) is 0 Å². The molecule has 0 aliphatic rings. The van der Waals surface area contributed by atoms with Gasteiger partial charge in [-0.25, -0.2) is 0 Å². The van der Waals surface area contributed by atoms with Crippen LogP contribution in [-0.2, 0) is 10.3 Å². The van der Waals surface area contributed by atoms with Gasteiger partial charge in [-0.3, -0.25) is 10.1 Å². The van der Waals surface area contributed by atoms with Crippen molar-refractivity contribution in [2.75, 3.05) is 0 Å². The van der Waals surface area contributed by atoms with Gasteiger partial charge in [-0.2, -0.15) is 13.6 Å². The van der Waals surface area contributed by atoms with Gasteiger partial charge in [0.25, 0.3) is 0 Å². The molecule has 0 fully saturated rings. The maximum atomic E-state index is 10.5. The minimum atomic E-state index is -4.21. The number of nitro groups is 1. The van der Waals surface area contributed by atoms with Crippen molar-refractivity contribution < 1.29 is 22.6 Å². The van der Waals surface area contributed by atoms with Crippen LogP contribution >= 0.6 is 0 Å². The van der Waals surface area contributed by atoms with Gasteiger partial charge in [0.05, 0.1) is 4.92 Å². The molecule has 0 spiro atoms. The van der Waals surface area contributed by atoms with Gasteiger partial charge >= 0.3 is 16.0 Å². The van der Waals surface area contributed by atoms with Crippen molar-refractivity contribution in [1.29, 1.82) is 0 Å². The van der Waals surface area contributed by atoms with E-state index in [1.807, 2.05) is 0 Å². The molecule has 0 radical (unpaired) electrons. The molecule has 3 N–H and O–H groups in total. The predicted octanol–water partition coefficient (Wildman–Crippen LogP) is -0.117. The van der Waals surface area contributed by atoms with Gasteiger partial charge in [0, 0.05) is 12.1 Å². The molecule has 0 aliphatic heterocycles. The summed E-state index contributed by atoms with van der Waals surface area (Å²) in [5.41, 5.74) is -0.559. The normalized spacial score (nSPS) is 11.0. The summed E-state index contributed by atoms with van der Waals surface area (Å²) < 4.78 is 25.1. The van der Waals surface area contributed by atoms with E-state index in [0.717, 1.165) is 18.2 Å². The molecular formula is C6H6N2O6S. The van der Waals surface area contributed by atoms with Crippen LogP contribution in [0.1, 0.15) is 0 Å². The standard InChI is InChI=1S/C6H6N2O6S/c7-15(12,13)14-4-1-2-5(8(10)11)6(9)3-4/h1-3,9H,(H2,7,12,13). The zero-order chi connectivity index (χ0) is 11.6. The lowest BCUT2D eigenvalue weighted by molar-refractivity contribution is -0.385. The number of aromatic hydroxyl groups is 1. The molecule has 8 nitrogen and oxygen atoms in total. The van der Waals surface area contributed by atoms with Crippen molar-refractivity contribution in [3.63, 3.8) is 0 Å². The molecule has 82 valence electrons. The molecule has 0 bridgehead atoms. The second kappa shape index (κ2) is 3.71. The number of benzene rings is 1. The Hall–Kier alpha value is -1.87. The molecule has 0 heterocycles. The van der Waals surface area contributed by atoms with Gasteiger partial charge < -0.3 is 9.29 Å². The fraction of sp³-hybridized carbons (Fsp3) is 0. The van der Waals surface area contributed by atoms with E-state index in [9.17, 15) is 18.5 Å². The fourth-order valence-electron chi connectivity index (χ4n) is 0.844. The van der Waals surface area contributed by atoms with Crippen molar-refractivity contribution in [1.82, 2.24) is 0 Å². The van der Waals surface area contributed by atoms with Gasteiger partial charge in [0.1, 0.15) is 5.75 Å². The topological polar surface area (TPSA) is 133 Å². The van der Waals surface area contributed by atoms with E-state index in [2.05, 4.69) is 9.32 Å². The van der Waals surface area contributed by atoms with Crippen LogP contribution < -0.4 is 9.32 Å². The number of hydrogen-bond donors (Lipinski definition) is 2. The van der Waals surface area contributed by atoms with Crippen molar-refractivity contribution >= 4 is 16.0 Å². The van der Waals surface area contributed by atoms with Crippen LogP contribution in [0, 0.1) is 10.1 Å². The Balaban J connectivity index is 3.07. The van der Waals surface area contributed by atoms with E-state index >= 15 is 0 Å². The van der Waals surface area contributed by atoms with Crippen LogP contribution in [0.2, 0.25) is 0 Å². The van der Waals surface area contributed by atoms with Gasteiger partial charge in [-0.1, -0.05) is 0 Å². The van der Waals surface area contributed by atoms with Gasteiger partial charge in [0.2, 0.25) is 0 Å². The molecule has 0 saturated carbocycles. The van der Waals surface area contributed by atoms with Gasteiger partial charge in [-0.15, -0.1) is 0 Å². The minimum Gasteiger partial charge on any atom is -0.502 e. The highest BCUT2D eigenvalue weighted by molar-refractivity contribution is 7.84. The Bertz CT molecular complexity index is 496. The number of nitrogens with zero attached hydrogens (tertiary/aromatic N) is 1. The lowest BCUT2D eigenvalue weighted by Gasteiger charge is -2.02. The second-order valence-electron chi connectivity index (χ2n) is 2.48. The van der Waals surface area contributed by atoms with Crippen LogP contribution in [0.4, 0.5) is 5.69 Å². The lowest BCUT2D eigenvalue weighted by Crippen LogP contribution is -2.18. The van der Waals surface area contributed by atoms with E-state index < -0.39 is 26.7 Å². The Morgan fingerprint density at radius 3 is 2.47 bits per heavy atom. The Morgan fingerprint density at radius 1 is 1.47 bits per heavy atom. The SMILES string of the molecule is NS(=O)(=O)Oc1ccc([N+](=O)[O-])c(O)c1. The molecule has 0 aromatic heterocycles. The molecule has 0 atom stereocenters. The molecule has 0 aliphatic carbocycles. The molecule has 1 aromatic rings. The molecular weight excluding hydrogens is 228 g/mol. The highest BCUT2D eigenvalue weighted by Gasteiger charge is 2.15. The van der Waals surface area contributed by atoms with Crippen LogP contribution in [0.25, 0.3) is 0 Å². The third-order valence-electron chi connectivity index (χ3n) is 1.36. The van der Waals surface area contributed by atoms with E-state index in [4.69, 9.17) is 5.11 Å². The Kier molecular flexibility index (Phi) is 2.77. The van der Waals surface area contributed by atoms with E-state index in [1.165, 1.54) is 0 Å². The van der Waals surface area contributed by atoms with Crippen molar-refractivity contribution in [3.8, 4) is 11.5 Å². The first-order valence-corrected chi connectivity index (χ1v) is 4.96. The molecule has 0 unspecified atom stereocenters. The quantitative estimate of drug-likeness (QED) is 0.553. The second-order valence-corrected chi connectivity index (χ2v) is 3.64. The monoisotopic (exact) mass is 234 g/mol. The maximum Gasteiger partial charge on any atom is 0.380 e. The Morgan fingerprint density at radius 2 is 2.07 bits per heavy atom. The van der Waals surface area contributed by atoms with Crippen LogP contribution in [0.5, 0.6) is 11.5 Å². The fourth-order valence-corrected chi connectivity index (χ4v) is 1.22. The number of rotatable bonds is 3. The summed E-state index contributed by atoms with van der Waals surface area (Å²) in [5, 5.41) is 23.9. The zero-order valence-electron chi connectivity index (χ0n) is 7.15. The molecule has 1 aromatic carbocycles. The molecule has 9 heteroatoms. The van der Waals surface area contributed by atoms with E-state index in [-0.39, 0.29) is 5.75 Å². The van der Waals surface area contributed by atoms with Crippen molar-refractivity contribution in [3.05, 3.63) is 28.3 Å². The first-order valence-electron chi connectivity index (χ1n) is 3.49. The summed E-state index contributed by atoms with van der Waals surface area (Å²) in [5.74, 6) is -1.01. The number of nitrogens with two attached hydrogens (primary N) is 1. The molecule has 0 saturated heterocycles. The molecule has 1 rings (SSSR count). The van der Waals surface area contributed by atoms with Gasteiger partial charge in [0.15, 0.2) is 5.75 Å². The predicted molar refractivity (Wildman–Crippen MR) is 48.5 cm³/mol. The van der Waals surface area contributed by atoms with Crippen molar-refractivity contribution in [2.45, 2.75) is 0 Å². The number of phenols is 1. The highest BCUT2D eigenvalue weighted by atomic mass is 32.2. The summed E-state index contributed by atoms with van der Waals surface area (Å²) in [4.78, 5) is 9.46. The summed E-state index contributed by atoms with van der Waals surface area (Å²) >= 11 is 0. The molecule has 0 amide bonds. The summed E-state index contributed by atoms with van der Waals surface area (Å²) in [6, 6.07) is 2.68. The first-order chi connectivity index (χ1) is 6.79. The van der Waals surface area contributed by atoms with Crippen LogP contribution in [0.3, 0.4) is 0 Å². The number of hydrogen-bond acceptors (Lipinski definition) is 6. The minimum absolute atomic E-state index is 0.305. The number of phenolic OH excluding ortho intramolecular Hbond substituents is 1. The average molecular weight is 234 g/mol. The van der Waals surface area contributed by atoms with Gasteiger partial charge in [-0.05, 0) is 6.07 Å². The largest absolute Gasteiger partial charge is 0.502 e. The zero-order valence-corrected chi connectivity index (χ0v) is 7.97. The highest BCUT2D eigenvalue weighted by Crippen LogP contribution is 2.29. The van der Waals surface area contributed by atoms with Crippen LogP contribution in [-0.4, -0.2) is 18.4 Å². The average Bonchev–Trinajstić information content (AvgIpc) is 1.99. The summed E-state index contributed by atoms with van der Waals surface area (Å²) in [6.45, 7) is 0. The smallest absolute Gasteiger partial charge is 0.380 e. The maximum absolute atomic E-state index is 10.5.